The lowest BCUT2D eigenvalue weighted by Gasteiger charge is -2.20. The minimum absolute atomic E-state index is 0.147. The molecule has 122 valence electrons. The summed E-state index contributed by atoms with van der Waals surface area (Å²) in [4.78, 5) is 11.5. The molecule has 0 aromatic heterocycles. The monoisotopic (exact) mass is 312 g/mol. The number of carbonyl (C=O) groups is 1. The molecule has 0 aliphatic rings. The van der Waals surface area contributed by atoms with E-state index in [4.69, 9.17) is 11.5 Å². The molecule has 0 fully saturated rings. The second-order valence-corrected chi connectivity index (χ2v) is 5.88. The van der Waals surface area contributed by atoms with Crippen molar-refractivity contribution in [3.63, 3.8) is 0 Å². The van der Waals surface area contributed by atoms with Crippen molar-refractivity contribution in [1.82, 2.24) is 0 Å². The standard InChI is InChI=1S/C19H24N2O2/c20-17(14-7-3-1-4-8-14)12-11-16(19(22)23)13-18(21)15-9-5-2-6-10-15/h1-10,16-18H,11-13,20-21H2,(H,22,23). The van der Waals surface area contributed by atoms with Gasteiger partial charge in [-0.2, -0.15) is 0 Å². The summed E-state index contributed by atoms with van der Waals surface area (Å²) in [6, 6.07) is 18.9. The molecule has 4 heteroatoms. The number of nitrogens with two attached hydrogens (primary N) is 2. The van der Waals surface area contributed by atoms with E-state index >= 15 is 0 Å². The van der Waals surface area contributed by atoms with E-state index in [1.165, 1.54) is 0 Å². The van der Waals surface area contributed by atoms with Gasteiger partial charge in [0.15, 0.2) is 0 Å². The number of hydrogen-bond acceptors (Lipinski definition) is 3. The molecule has 0 aliphatic heterocycles. The highest BCUT2D eigenvalue weighted by Gasteiger charge is 2.22. The molecule has 4 nitrogen and oxygen atoms in total. The van der Waals surface area contributed by atoms with Gasteiger partial charge < -0.3 is 16.6 Å². The second kappa shape index (κ2) is 8.46. The van der Waals surface area contributed by atoms with Crippen LogP contribution in [0.4, 0.5) is 0 Å². The number of carboxylic acid groups (broad SMARTS) is 1. The molecule has 0 spiro atoms. The van der Waals surface area contributed by atoms with Gasteiger partial charge in [0.2, 0.25) is 0 Å². The summed E-state index contributed by atoms with van der Waals surface area (Å²) in [5.74, 6) is -1.29. The molecule has 23 heavy (non-hydrogen) atoms. The van der Waals surface area contributed by atoms with E-state index in [9.17, 15) is 9.90 Å². The maximum absolute atomic E-state index is 11.5. The molecule has 2 aromatic rings. The van der Waals surface area contributed by atoms with Crippen LogP contribution in [0.2, 0.25) is 0 Å². The van der Waals surface area contributed by atoms with Crippen molar-refractivity contribution in [2.24, 2.45) is 17.4 Å². The maximum Gasteiger partial charge on any atom is 0.306 e. The third-order valence-electron chi connectivity index (χ3n) is 4.17. The van der Waals surface area contributed by atoms with Gasteiger partial charge in [-0.25, -0.2) is 0 Å². The first kappa shape index (κ1) is 17.2. The predicted octanol–water partition coefficient (Wildman–Crippen LogP) is 3.26. The molecule has 5 N–H and O–H groups in total. The Labute approximate surface area is 137 Å². The summed E-state index contributed by atoms with van der Waals surface area (Å²) in [5.41, 5.74) is 14.3. The molecule has 0 heterocycles. The molecule has 0 radical (unpaired) electrons. The largest absolute Gasteiger partial charge is 0.481 e. The molecule has 0 saturated heterocycles. The van der Waals surface area contributed by atoms with Gasteiger partial charge in [0.1, 0.15) is 0 Å². The Bertz CT molecular complexity index is 601. The SMILES string of the molecule is NC(CCC(CC(N)c1ccccc1)C(=O)O)c1ccccc1. The highest BCUT2D eigenvalue weighted by atomic mass is 16.4. The van der Waals surface area contributed by atoms with E-state index in [0.29, 0.717) is 19.3 Å². The van der Waals surface area contributed by atoms with E-state index in [0.717, 1.165) is 11.1 Å². The van der Waals surface area contributed by atoms with Gasteiger partial charge in [0.25, 0.3) is 0 Å². The lowest BCUT2D eigenvalue weighted by molar-refractivity contribution is -0.142. The topological polar surface area (TPSA) is 89.3 Å². The highest BCUT2D eigenvalue weighted by molar-refractivity contribution is 5.70. The molecule has 2 rings (SSSR count). The molecule has 3 atom stereocenters. The lowest BCUT2D eigenvalue weighted by Crippen LogP contribution is -2.23. The second-order valence-electron chi connectivity index (χ2n) is 5.88. The summed E-state index contributed by atoms with van der Waals surface area (Å²) in [5, 5.41) is 9.46. The number of carboxylic acids is 1. The Balaban J connectivity index is 1.93. The van der Waals surface area contributed by atoms with Crippen molar-refractivity contribution in [2.75, 3.05) is 0 Å². The highest BCUT2D eigenvalue weighted by Crippen LogP contribution is 2.25. The Morgan fingerprint density at radius 2 is 1.30 bits per heavy atom. The molecular weight excluding hydrogens is 288 g/mol. The van der Waals surface area contributed by atoms with Crippen LogP contribution in [0.25, 0.3) is 0 Å². The summed E-state index contributed by atoms with van der Waals surface area (Å²) < 4.78 is 0. The van der Waals surface area contributed by atoms with Crippen LogP contribution >= 0.6 is 0 Å². The zero-order valence-corrected chi connectivity index (χ0v) is 13.1. The third-order valence-corrected chi connectivity index (χ3v) is 4.17. The number of benzene rings is 2. The molecule has 0 saturated carbocycles. The zero-order valence-electron chi connectivity index (χ0n) is 13.1. The van der Waals surface area contributed by atoms with E-state index in [2.05, 4.69) is 0 Å². The van der Waals surface area contributed by atoms with Crippen molar-refractivity contribution in [3.8, 4) is 0 Å². The number of rotatable bonds is 8. The Kier molecular flexibility index (Phi) is 6.32. The molecule has 0 bridgehead atoms. The molecule has 0 amide bonds. The van der Waals surface area contributed by atoms with Crippen LogP contribution in [0.5, 0.6) is 0 Å². The van der Waals surface area contributed by atoms with Gasteiger partial charge in [-0.15, -0.1) is 0 Å². The van der Waals surface area contributed by atoms with Crippen LogP contribution in [0, 0.1) is 5.92 Å². The minimum Gasteiger partial charge on any atom is -0.481 e. The molecule has 0 aliphatic carbocycles. The van der Waals surface area contributed by atoms with E-state index in [1.54, 1.807) is 0 Å². The third kappa shape index (κ3) is 5.20. The fourth-order valence-electron chi connectivity index (χ4n) is 2.73. The lowest BCUT2D eigenvalue weighted by atomic mass is 9.89. The molecular formula is C19H24N2O2. The summed E-state index contributed by atoms with van der Waals surface area (Å²) in [6.45, 7) is 0. The maximum atomic E-state index is 11.5. The van der Waals surface area contributed by atoms with Crippen molar-refractivity contribution in [3.05, 3.63) is 71.8 Å². The van der Waals surface area contributed by atoms with Gasteiger partial charge >= 0.3 is 5.97 Å². The van der Waals surface area contributed by atoms with Crippen molar-refractivity contribution < 1.29 is 9.90 Å². The zero-order chi connectivity index (χ0) is 16.7. The first-order valence-corrected chi connectivity index (χ1v) is 7.91. The Morgan fingerprint density at radius 3 is 1.78 bits per heavy atom. The van der Waals surface area contributed by atoms with E-state index in [-0.39, 0.29) is 12.1 Å². The average molecular weight is 312 g/mol. The first-order valence-electron chi connectivity index (χ1n) is 7.91. The van der Waals surface area contributed by atoms with E-state index < -0.39 is 11.9 Å². The summed E-state index contributed by atoms with van der Waals surface area (Å²) in [7, 11) is 0. The fraction of sp³-hybridized carbons (Fsp3) is 0.316. The van der Waals surface area contributed by atoms with E-state index in [1.807, 2.05) is 60.7 Å². The van der Waals surface area contributed by atoms with Gasteiger partial charge in [0, 0.05) is 12.1 Å². The van der Waals surface area contributed by atoms with Crippen LogP contribution in [0.15, 0.2) is 60.7 Å². The van der Waals surface area contributed by atoms with Crippen LogP contribution < -0.4 is 11.5 Å². The van der Waals surface area contributed by atoms with Gasteiger partial charge in [0.05, 0.1) is 5.92 Å². The smallest absolute Gasteiger partial charge is 0.306 e. The fourth-order valence-corrected chi connectivity index (χ4v) is 2.73. The Hall–Kier alpha value is -2.17. The van der Waals surface area contributed by atoms with Gasteiger partial charge in [-0.1, -0.05) is 60.7 Å². The van der Waals surface area contributed by atoms with Crippen molar-refractivity contribution in [1.29, 1.82) is 0 Å². The Morgan fingerprint density at radius 1 is 0.826 bits per heavy atom. The van der Waals surface area contributed by atoms with Crippen LogP contribution in [-0.2, 0) is 4.79 Å². The van der Waals surface area contributed by atoms with Gasteiger partial charge in [-0.05, 0) is 30.4 Å². The predicted molar refractivity (Wildman–Crippen MR) is 91.7 cm³/mol. The van der Waals surface area contributed by atoms with Crippen LogP contribution in [0.3, 0.4) is 0 Å². The summed E-state index contributed by atoms with van der Waals surface area (Å²) >= 11 is 0. The number of hydrogen-bond donors (Lipinski definition) is 3. The normalized spacial score (nSPS) is 14.9. The molecule has 3 unspecified atom stereocenters. The van der Waals surface area contributed by atoms with Crippen LogP contribution in [0.1, 0.15) is 42.5 Å². The summed E-state index contributed by atoms with van der Waals surface area (Å²) in [6.07, 6.45) is 1.56. The quantitative estimate of drug-likeness (QED) is 0.698. The minimum atomic E-state index is -0.809. The van der Waals surface area contributed by atoms with Gasteiger partial charge in [-0.3, -0.25) is 4.79 Å². The number of aliphatic carboxylic acids is 1. The average Bonchev–Trinajstić information content (AvgIpc) is 2.59. The molecule has 2 aromatic carbocycles. The van der Waals surface area contributed by atoms with Crippen LogP contribution in [-0.4, -0.2) is 11.1 Å². The van der Waals surface area contributed by atoms with Crippen molar-refractivity contribution >= 4 is 5.97 Å². The first-order chi connectivity index (χ1) is 11.1. The van der Waals surface area contributed by atoms with Crippen molar-refractivity contribution in [2.45, 2.75) is 31.3 Å².